The predicted molar refractivity (Wildman–Crippen MR) is 86.4 cm³/mol. The molecule has 0 saturated carbocycles. The second-order valence-electron chi connectivity index (χ2n) is 4.97. The first-order chi connectivity index (χ1) is 10.2. The fraction of sp³-hybridized carbons (Fsp3) is 0.438. The number of hydrogen-bond acceptors (Lipinski definition) is 5. The summed E-state index contributed by atoms with van der Waals surface area (Å²) in [7, 11) is 0. The third-order valence-corrected chi connectivity index (χ3v) is 4.52. The van der Waals surface area contributed by atoms with Gasteiger partial charge in [-0.2, -0.15) is 0 Å². The van der Waals surface area contributed by atoms with Crippen molar-refractivity contribution in [2.24, 2.45) is 0 Å². The summed E-state index contributed by atoms with van der Waals surface area (Å²) in [6.07, 6.45) is 0.726. The van der Waals surface area contributed by atoms with Gasteiger partial charge >= 0.3 is 0 Å². The Morgan fingerprint density at radius 3 is 2.52 bits per heavy atom. The average Bonchev–Trinajstić information content (AvgIpc) is 2.87. The minimum Gasteiger partial charge on any atom is -0.396 e. The van der Waals surface area contributed by atoms with Crippen molar-refractivity contribution in [3.05, 3.63) is 40.9 Å². The highest BCUT2D eigenvalue weighted by atomic mass is 32.1. The van der Waals surface area contributed by atoms with Gasteiger partial charge in [-0.25, -0.2) is 4.98 Å². The number of aromatic nitrogens is 1. The molecule has 21 heavy (non-hydrogen) atoms. The normalized spacial score (nSPS) is 11.2. The van der Waals surface area contributed by atoms with Crippen molar-refractivity contribution < 1.29 is 10.2 Å². The lowest BCUT2D eigenvalue weighted by Crippen LogP contribution is -2.28. The first kappa shape index (κ1) is 16.1. The maximum atomic E-state index is 9.15. The van der Waals surface area contributed by atoms with Gasteiger partial charge in [0.15, 0.2) is 0 Å². The van der Waals surface area contributed by atoms with Crippen LogP contribution in [-0.2, 0) is 6.54 Å². The summed E-state index contributed by atoms with van der Waals surface area (Å²) in [5.74, 6) is 0. The molecule has 0 radical (unpaired) electrons. The van der Waals surface area contributed by atoms with Crippen molar-refractivity contribution in [1.82, 2.24) is 9.88 Å². The summed E-state index contributed by atoms with van der Waals surface area (Å²) in [4.78, 5) is 8.04. The number of aliphatic hydroxyl groups is 2. The van der Waals surface area contributed by atoms with Gasteiger partial charge in [0.25, 0.3) is 0 Å². The van der Waals surface area contributed by atoms with Gasteiger partial charge in [-0.05, 0) is 13.3 Å². The summed E-state index contributed by atoms with van der Waals surface area (Å²) < 4.78 is 0. The van der Waals surface area contributed by atoms with Crippen LogP contribution < -0.4 is 0 Å². The van der Waals surface area contributed by atoms with Gasteiger partial charge < -0.3 is 10.2 Å². The maximum absolute atomic E-state index is 9.15. The molecule has 0 fully saturated rings. The molecule has 2 aromatic rings. The van der Waals surface area contributed by atoms with Crippen LogP contribution in [0, 0.1) is 6.92 Å². The fourth-order valence-corrected chi connectivity index (χ4v) is 3.30. The fourth-order valence-electron chi connectivity index (χ4n) is 2.19. The zero-order chi connectivity index (χ0) is 15.1. The van der Waals surface area contributed by atoms with E-state index in [1.807, 2.05) is 25.1 Å². The first-order valence-corrected chi connectivity index (χ1v) is 8.02. The van der Waals surface area contributed by atoms with Crippen molar-refractivity contribution in [3.63, 3.8) is 0 Å². The van der Waals surface area contributed by atoms with E-state index in [2.05, 4.69) is 22.0 Å². The second-order valence-corrected chi connectivity index (χ2v) is 6.05. The Morgan fingerprint density at radius 2 is 1.86 bits per heavy atom. The van der Waals surface area contributed by atoms with Gasteiger partial charge in [0.2, 0.25) is 0 Å². The smallest absolute Gasteiger partial charge is 0.123 e. The lowest BCUT2D eigenvalue weighted by atomic mass is 10.2. The van der Waals surface area contributed by atoms with Crippen molar-refractivity contribution >= 4 is 11.3 Å². The summed E-state index contributed by atoms with van der Waals surface area (Å²) in [6.45, 7) is 4.53. The zero-order valence-electron chi connectivity index (χ0n) is 12.3. The summed E-state index contributed by atoms with van der Waals surface area (Å²) in [5, 5.41) is 19.1. The maximum Gasteiger partial charge on any atom is 0.123 e. The van der Waals surface area contributed by atoms with Crippen molar-refractivity contribution in [2.45, 2.75) is 19.9 Å². The summed E-state index contributed by atoms with van der Waals surface area (Å²) >= 11 is 1.70. The third-order valence-electron chi connectivity index (χ3n) is 3.33. The van der Waals surface area contributed by atoms with Crippen molar-refractivity contribution in [3.8, 4) is 10.6 Å². The Kier molecular flexibility index (Phi) is 6.32. The zero-order valence-corrected chi connectivity index (χ0v) is 13.1. The van der Waals surface area contributed by atoms with E-state index >= 15 is 0 Å². The van der Waals surface area contributed by atoms with Gasteiger partial charge in [-0.15, -0.1) is 11.3 Å². The third kappa shape index (κ3) is 4.61. The molecule has 0 amide bonds. The molecular weight excluding hydrogens is 284 g/mol. The van der Waals surface area contributed by atoms with Gasteiger partial charge in [0, 0.05) is 36.7 Å². The molecular formula is C16H22N2O2S. The lowest BCUT2D eigenvalue weighted by Gasteiger charge is -2.20. The monoisotopic (exact) mass is 306 g/mol. The number of thiazole rings is 1. The summed E-state index contributed by atoms with van der Waals surface area (Å²) in [6, 6.07) is 10.2. The molecule has 0 aliphatic carbocycles. The quantitative estimate of drug-likeness (QED) is 0.786. The van der Waals surface area contributed by atoms with Crippen LogP contribution in [0.2, 0.25) is 0 Å². The highest BCUT2D eigenvalue weighted by molar-refractivity contribution is 7.15. The minimum absolute atomic E-state index is 0.134. The average molecular weight is 306 g/mol. The number of benzene rings is 1. The van der Waals surface area contributed by atoms with E-state index < -0.39 is 0 Å². The molecule has 4 nitrogen and oxygen atoms in total. The number of aryl methyl sites for hydroxylation is 1. The molecule has 0 aliphatic heterocycles. The van der Waals surface area contributed by atoms with Crippen LogP contribution in [0.25, 0.3) is 10.6 Å². The molecule has 0 saturated heterocycles. The van der Waals surface area contributed by atoms with Crippen LogP contribution in [-0.4, -0.2) is 46.4 Å². The van der Waals surface area contributed by atoms with E-state index in [1.54, 1.807) is 11.3 Å². The SMILES string of the molecule is Cc1nc(-c2ccccc2)sc1CN(CCO)CCCO. The Balaban J connectivity index is 2.11. The Hall–Kier alpha value is -1.27. The molecule has 0 aliphatic rings. The lowest BCUT2D eigenvalue weighted by molar-refractivity contribution is 0.175. The van der Waals surface area contributed by atoms with Crippen LogP contribution >= 0.6 is 11.3 Å². The van der Waals surface area contributed by atoms with E-state index in [4.69, 9.17) is 10.2 Å². The van der Waals surface area contributed by atoms with Crippen LogP contribution in [0.3, 0.4) is 0 Å². The van der Waals surface area contributed by atoms with Crippen LogP contribution in [0.1, 0.15) is 17.0 Å². The molecule has 0 unspecified atom stereocenters. The molecule has 0 atom stereocenters. The van der Waals surface area contributed by atoms with Crippen LogP contribution in [0.15, 0.2) is 30.3 Å². The first-order valence-electron chi connectivity index (χ1n) is 7.20. The highest BCUT2D eigenvalue weighted by Gasteiger charge is 2.13. The van der Waals surface area contributed by atoms with Gasteiger partial charge in [0.1, 0.15) is 5.01 Å². The van der Waals surface area contributed by atoms with Crippen LogP contribution in [0.4, 0.5) is 0 Å². The molecule has 1 aromatic heterocycles. The molecule has 2 rings (SSSR count). The molecule has 0 bridgehead atoms. The van der Waals surface area contributed by atoms with Crippen molar-refractivity contribution in [1.29, 1.82) is 0 Å². The number of rotatable bonds is 8. The van der Waals surface area contributed by atoms with E-state index in [9.17, 15) is 0 Å². The molecule has 0 spiro atoms. The molecule has 5 heteroatoms. The highest BCUT2D eigenvalue weighted by Crippen LogP contribution is 2.28. The Bertz CT molecular complexity index is 542. The molecule has 114 valence electrons. The van der Waals surface area contributed by atoms with Gasteiger partial charge in [-0.1, -0.05) is 30.3 Å². The van der Waals surface area contributed by atoms with Gasteiger partial charge in [-0.3, -0.25) is 4.90 Å². The Morgan fingerprint density at radius 1 is 1.10 bits per heavy atom. The number of hydrogen-bond donors (Lipinski definition) is 2. The van der Waals surface area contributed by atoms with E-state index in [1.165, 1.54) is 4.88 Å². The Labute approximate surface area is 129 Å². The standard InChI is InChI=1S/C16H22N2O2S/c1-13-15(12-18(9-11-20)8-5-10-19)21-16(17-13)14-6-3-2-4-7-14/h2-4,6-7,19-20H,5,8-12H2,1H3. The topological polar surface area (TPSA) is 56.6 Å². The van der Waals surface area contributed by atoms with Crippen molar-refractivity contribution in [2.75, 3.05) is 26.3 Å². The largest absolute Gasteiger partial charge is 0.396 e. The van der Waals surface area contributed by atoms with E-state index in [-0.39, 0.29) is 13.2 Å². The van der Waals surface area contributed by atoms with Crippen LogP contribution in [0.5, 0.6) is 0 Å². The summed E-state index contributed by atoms with van der Waals surface area (Å²) in [5.41, 5.74) is 2.19. The molecule has 1 heterocycles. The van der Waals surface area contributed by atoms with E-state index in [0.717, 1.165) is 35.8 Å². The minimum atomic E-state index is 0.134. The number of nitrogens with zero attached hydrogens (tertiary/aromatic N) is 2. The van der Waals surface area contributed by atoms with Gasteiger partial charge in [0.05, 0.1) is 12.3 Å². The predicted octanol–water partition coefficient (Wildman–Crippen LogP) is 2.30. The number of aliphatic hydroxyl groups excluding tert-OH is 2. The second kappa shape index (κ2) is 8.24. The van der Waals surface area contributed by atoms with E-state index in [0.29, 0.717) is 6.54 Å². The molecule has 1 aromatic carbocycles. The molecule has 2 N–H and O–H groups in total.